The summed E-state index contributed by atoms with van der Waals surface area (Å²) in [6.07, 6.45) is -0.122. The second kappa shape index (κ2) is 8.51. The number of carbonyl (C=O) groups is 3. The molecule has 0 aromatic heterocycles. The minimum absolute atomic E-state index is 0.122. The Morgan fingerprint density at radius 1 is 1.25 bits per heavy atom. The van der Waals surface area contributed by atoms with E-state index in [2.05, 4.69) is 10.6 Å². The molecule has 2 aromatic carbocycles. The third-order valence-corrected chi connectivity index (χ3v) is 4.31. The lowest BCUT2D eigenvalue weighted by molar-refractivity contribution is -0.151. The molecule has 0 fully saturated rings. The van der Waals surface area contributed by atoms with Crippen LogP contribution in [-0.2, 0) is 25.7 Å². The van der Waals surface area contributed by atoms with Crippen molar-refractivity contribution >= 4 is 23.5 Å². The largest absolute Gasteiger partial charge is 0.497 e. The number of methoxy groups -OCH3 is 1. The second-order valence-corrected chi connectivity index (χ2v) is 6.27. The summed E-state index contributed by atoms with van der Waals surface area (Å²) in [6, 6.07) is 11.0. The third-order valence-electron chi connectivity index (χ3n) is 4.31. The number of rotatable bonds is 6. The lowest BCUT2D eigenvalue weighted by Gasteiger charge is -2.24. The first-order valence-corrected chi connectivity index (χ1v) is 8.62. The summed E-state index contributed by atoms with van der Waals surface area (Å²) in [5.74, 6) is -2.33. The number of fused-ring (bicyclic) bond motifs is 1. The van der Waals surface area contributed by atoms with Gasteiger partial charge in [0.2, 0.25) is 5.91 Å². The maximum absolute atomic E-state index is 13.3. The number of halogens is 1. The highest BCUT2D eigenvalue weighted by Crippen LogP contribution is 2.33. The second-order valence-electron chi connectivity index (χ2n) is 6.27. The summed E-state index contributed by atoms with van der Waals surface area (Å²) < 4.78 is 23.5. The number of benzene rings is 2. The normalized spacial score (nSPS) is 15.2. The van der Waals surface area contributed by atoms with Gasteiger partial charge < -0.3 is 20.1 Å². The van der Waals surface area contributed by atoms with Gasteiger partial charge in [0.05, 0.1) is 13.0 Å². The summed E-state index contributed by atoms with van der Waals surface area (Å²) in [6.45, 7) is -0.223. The van der Waals surface area contributed by atoms with Crippen molar-refractivity contribution in [1.82, 2.24) is 5.32 Å². The number of ether oxygens (including phenoxy) is 2. The molecular weight excluding hydrogens is 367 g/mol. The molecule has 1 aliphatic heterocycles. The molecule has 0 saturated carbocycles. The van der Waals surface area contributed by atoms with E-state index in [1.54, 1.807) is 25.3 Å². The minimum Gasteiger partial charge on any atom is -0.497 e. The monoisotopic (exact) mass is 386 g/mol. The summed E-state index contributed by atoms with van der Waals surface area (Å²) >= 11 is 0. The maximum atomic E-state index is 13.3. The van der Waals surface area contributed by atoms with Crippen LogP contribution in [0.2, 0.25) is 0 Å². The van der Waals surface area contributed by atoms with Gasteiger partial charge in [-0.05, 0) is 35.4 Å². The predicted molar refractivity (Wildman–Crippen MR) is 98.2 cm³/mol. The predicted octanol–water partition coefficient (Wildman–Crippen LogP) is 2.12. The van der Waals surface area contributed by atoms with Crippen molar-refractivity contribution in [2.24, 2.45) is 0 Å². The summed E-state index contributed by atoms with van der Waals surface area (Å²) in [5.41, 5.74) is 1.53. The van der Waals surface area contributed by atoms with E-state index in [0.717, 1.165) is 11.6 Å². The van der Waals surface area contributed by atoms with Gasteiger partial charge in [-0.2, -0.15) is 0 Å². The van der Waals surface area contributed by atoms with E-state index in [4.69, 9.17) is 9.47 Å². The van der Waals surface area contributed by atoms with E-state index in [1.807, 2.05) is 6.07 Å². The van der Waals surface area contributed by atoms with Crippen LogP contribution < -0.4 is 15.4 Å². The first-order valence-electron chi connectivity index (χ1n) is 8.62. The zero-order valence-electron chi connectivity index (χ0n) is 15.2. The summed E-state index contributed by atoms with van der Waals surface area (Å²) in [7, 11) is 1.55. The van der Waals surface area contributed by atoms with Gasteiger partial charge in [0.1, 0.15) is 11.6 Å². The smallest absolute Gasteiger partial charge is 0.314 e. The van der Waals surface area contributed by atoms with Crippen molar-refractivity contribution in [3.63, 3.8) is 0 Å². The van der Waals surface area contributed by atoms with E-state index < -0.39 is 36.1 Å². The Labute approximate surface area is 160 Å². The molecule has 1 unspecified atom stereocenters. The molecule has 0 radical (unpaired) electrons. The lowest BCUT2D eigenvalue weighted by Crippen LogP contribution is -2.32. The van der Waals surface area contributed by atoms with Crippen LogP contribution in [-0.4, -0.2) is 31.5 Å². The summed E-state index contributed by atoms with van der Waals surface area (Å²) in [4.78, 5) is 36.1. The Bertz CT molecular complexity index is 915. The Hall–Kier alpha value is -3.42. The molecule has 1 atom stereocenters. The Kier molecular flexibility index (Phi) is 5.88. The van der Waals surface area contributed by atoms with Gasteiger partial charge in [0.25, 0.3) is 5.91 Å². The van der Waals surface area contributed by atoms with Crippen molar-refractivity contribution in [2.75, 3.05) is 19.0 Å². The quantitative estimate of drug-likeness (QED) is 0.742. The Morgan fingerprint density at radius 2 is 2.07 bits per heavy atom. The van der Waals surface area contributed by atoms with Crippen LogP contribution in [0, 0.1) is 5.82 Å². The molecule has 0 saturated heterocycles. The molecule has 1 aliphatic rings. The molecule has 146 valence electrons. The van der Waals surface area contributed by atoms with E-state index in [9.17, 15) is 18.8 Å². The average Bonchev–Trinajstić information content (AvgIpc) is 2.69. The molecule has 2 N–H and O–H groups in total. The third kappa shape index (κ3) is 4.64. The SMILES string of the molecule is COc1cccc(CNC(=O)COC(=O)C2CC(=O)Nc3cc(F)ccc32)c1. The van der Waals surface area contributed by atoms with Crippen molar-refractivity contribution in [2.45, 2.75) is 18.9 Å². The van der Waals surface area contributed by atoms with Gasteiger partial charge in [-0.3, -0.25) is 14.4 Å². The fraction of sp³-hybridized carbons (Fsp3) is 0.250. The molecule has 28 heavy (non-hydrogen) atoms. The van der Waals surface area contributed by atoms with E-state index in [0.29, 0.717) is 11.3 Å². The molecule has 2 aromatic rings. The number of esters is 1. The number of amides is 2. The molecule has 8 heteroatoms. The Balaban J connectivity index is 1.55. The van der Waals surface area contributed by atoms with Gasteiger partial charge in [0, 0.05) is 18.7 Å². The Morgan fingerprint density at radius 3 is 2.86 bits per heavy atom. The van der Waals surface area contributed by atoms with Crippen LogP contribution in [0.4, 0.5) is 10.1 Å². The number of hydrogen-bond donors (Lipinski definition) is 2. The lowest BCUT2D eigenvalue weighted by atomic mass is 9.90. The molecular formula is C20H19FN2O5. The molecule has 1 heterocycles. The number of nitrogens with one attached hydrogen (secondary N) is 2. The van der Waals surface area contributed by atoms with Crippen LogP contribution in [0.1, 0.15) is 23.5 Å². The van der Waals surface area contributed by atoms with Gasteiger partial charge in [-0.15, -0.1) is 0 Å². The summed E-state index contributed by atoms with van der Waals surface area (Å²) in [5, 5.41) is 5.17. The number of hydrogen-bond acceptors (Lipinski definition) is 5. The number of carbonyl (C=O) groups excluding carboxylic acids is 3. The van der Waals surface area contributed by atoms with E-state index >= 15 is 0 Å². The van der Waals surface area contributed by atoms with Gasteiger partial charge in [-0.25, -0.2) is 4.39 Å². The number of anilines is 1. The highest BCUT2D eigenvalue weighted by atomic mass is 19.1. The fourth-order valence-corrected chi connectivity index (χ4v) is 2.92. The maximum Gasteiger partial charge on any atom is 0.314 e. The first kappa shape index (κ1) is 19.3. The highest BCUT2D eigenvalue weighted by molar-refractivity contribution is 6.00. The van der Waals surface area contributed by atoms with Crippen LogP contribution in [0.3, 0.4) is 0 Å². The molecule has 0 aliphatic carbocycles. The van der Waals surface area contributed by atoms with Crippen molar-refractivity contribution in [3.05, 3.63) is 59.4 Å². The average molecular weight is 386 g/mol. The van der Waals surface area contributed by atoms with E-state index in [1.165, 1.54) is 12.1 Å². The zero-order chi connectivity index (χ0) is 20.1. The van der Waals surface area contributed by atoms with Crippen molar-refractivity contribution in [3.8, 4) is 5.75 Å². The topological polar surface area (TPSA) is 93.7 Å². The minimum atomic E-state index is -0.879. The van der Waals surface area contributed by atoms with E-state index in [-0.39, 0.29) is 18.7 Å². The van der Waals surface area contributed by atoms with Crippen LogP contribution in [0.25, 0.3) is 0 Å². The molecule has 3 rings (SSSR count). The van der Waals surface area contributed by atoms with Crippen LogP contribution >= 0.6 is 0 Å². The first-order chi connectivity index (χ1) is 13.5. The van der Waals surface area contributed by atoms with Crippen LogP contribution in [0.5, 0.6) is 5.75 Å². The molecule has 7 nitrogen and oxygen atoms in total. The highest BCUT2D eigenvalue weighted by Gasteiger charge is 2.32. The zero-order valence-corrected chi connectivity index (χ0v) is 15.2. The fourth-order valence-electron chi connectivity index (χ4n) is 2.92. The van der Waals surface area contributed by atoms with Gasteiger partial charge in [-0.1, -0.05) is 18.2 Å². The van der Waals surface area contributed by atoms with Crippen LogP contribution in [0.15, 0.2) is 42.5 Å². The molecule has 0 spiro atoms. The van der Waals surface area contributed by atoms with Crippen molar-refractivity contribution < 1.29 is 28.2 Å². The van der Waals surface area contributed by atoms with Crippen molar-refractivity contribution in [1.29, 1.82) is 0 Å². The molecule has 0 bridgehead atoms. The standard InChI is InChI=1S/C20H19FN2O5/c1-27-14-4-2-3-12(7-14)10-22-19(25)11-28-20(26)16-9-18(24)23-17-8-13(21)5-6-15(16)17/h2-8,16H,9-11H2,1H3,(H,22,25)(H,23,24). The van der Waals surface area contributed by atoms with Gasteiger partial charge >= 0.3 is 5.97 Å². The van der Waals surface area contributed by atoms with Gasteiger partial charge in [0.15, 0.2) is 6.61 Å². The molecule has 2 amide bonds.